The molecule has 0 bridgehead atoms. The molecule has 0 spiro atoms. The highest BCUT2D eigenvalue weighted by Gasteiger charge is 2.32. The minimum absolute atomic E-state index is 0.177. The average molecular weight is 590 g/mol. The molecule has 210 valence electrons. The number of carbonyl (C=O) groups excluding carboxylic acids is 1. The minimum Gasteiger partial charge on any atom is -0.493 e. The number of hydrogen-bond donors (Lipinski definition) is 0. The number of methoxy groups -OCH3 is 2. The van der Waals surface area contributed by atoms with Crippen LogP contribution < -0.4 is 14.2 Å². The number of aromatic nitrogens is 2. The van der Waals surface area contributed by atoms with Crippen LogP contribution in [0.15, 0.2) is 77.8 Å². The first-order valence-electron chi connectivity index (χ1n) is 13.0. The Hall–Kier alpha value is -4.15. The highest BCUT2D eigenvalue weighted by molar-refractivity contribution is 8.26. The van der Waals surface area contributed by atoms with E-state index in [1.165, 1.54) is 17.8 Å². The molecule has 41 heavy (non-hydrogen) atoms. The largest absolute Gasteiger partial charge is 0.493 e. The molecule has 0 unspecified atom stereocenters. The first-order valence-corrected chi connectivity index (χ1v) is 14.2. The number of halogens is 1. The second-order valence-electron chi connectivity index (χ2n) is 9.06. The zero-order valence-electron chi connectivity index (χ0n) is 22.8. The standard InChI is InChI=1S/C31H28FN3O4S2/c1-4-39-25-13-11-21(17-24(25)32)29-22(19-35(33-29)23-8-6-5-7-9-23)18-28-30(36)34(31(40)41-28)15-14-20-10-12-26(37-2)27(16-20)38-3/h5-13,16-19H,4,14-15H2,1-3H3. The molecule has 1 aliphatic rings. The maximum atomic E-state index is 14.8. The minimum atomic E-state index is -0.481. The summed E-state index contributed by atoms with van der Waals surface area (Å²) >= 11 is 6.82. The monoisotopic (exact) mass is 589 g/mol. The Morgan fingerprint density at radius 1 is 1.00 bits per heavy atom. The number of nitrogens with zero attached hydrogens (tertiary/aromatic N) is 3. The first-order chi connectivity index (χ1) is 19.9. The molecule has 0 saturated carbocycles. The van der Waals surface area contributed by atoms with Gasteiger partial charge in [0.1, 0.15) is 10.0 Å². The van der Waals surface area contributed by atoms with Gasteiger partial charge in [-0.3, -0.25) is 9.69 Å². The summed E-state index contributed by atoms with van der Waals surface area (Å²) in [7, 11) is 3.18. The summed E-state index contributed by atoms with van der Waals surface area (Å²) < 4.78 is 33.1. The summed E-state index contributed by atoms with van der Waals surface area (Å²) in [5.41, 5.74) is 3.59. The molecule has 1 fully saturated rings. The molecule has 5 rings (SSSR count). The van der Waals surface area contributed by atoms with Crippen molar-refractivity contribution in [2.75, 3.05) is 27.4 Å². The van der Waals surface area contributed by atoms with E-state index in [0.717, 1.165) is 11.3 Å². The lowest BCUT2D eigenvalue weighted by molar-refractivity contribution is -0.122. The van der Waals surface area contributed by atoms with Gasteiger partial charge < -0.3 is 14.2 Å². The third kappa shape index (κ3) is 6.13. The SMILES string of the molecule is CCOc1ccc(-c2nn(-c3ccccc3)cc2C=C2SC(=S)N(CCc3ccc(OC)c(OC)c3)C2=O)cc1F. The molecule has 7 nitrogen and oxygen atoms in total. The number of carbonyl (C=O) groups is 1. The van der Waals surface area contributed by atoms with E-state index in [1.54, 1.807) is 48.9 Å². The van der Waals surface area contributed by atoms with E-state index in [4.69, 9.17) is 31.5 Å². The number of thiocarbonyl (C=S) groups is 1. The molecule has 0 aliphatic carbocycles. The molecule has 1 amide bonds. The lowest BCUT2D eigenvalue weighted by Crippen LogP contribution is -2.30. The van der Waals surface area contributed by atoms with Crippen LogP contribution >= 0.6 is 24.0 Å². The summed E-state index contributed by atoms with van der Waals surface area (Å²) in [6, 6.07) is 20.0. The van der Waals surface area contributed by atoms with Crippen molar-refractivity contribution in [1.82, 2.24) is 14.7 Å². The predicted octanol–water partition coefficient (Wildman–Crippen LogP) is 6.54. The Bertz CT molecular complexity index is 1620. The normalized spacial score (nSPS) is 14.1. The fraction of sp³-hybridized carbons (Fsp3) is 0.194. The van der Waals surface area contributed by atoms with Crippen LogP contribution in [-0.4, -0.2) is 52.3 Å². The molecule has 1 saturated heterocycles. The molecule has 0 atom stereocenters. The third-order valence-corrected chi connectivity index (χ3v) is 7.88. The highest BCUT2D eigenvalue weighted by atomic mass is 32.2. The van der Waals surface area contributed by atoms with Gasteiger partial charge in [-0.25, -0.2) is 9.07 Å². The summed E-state index contributed by atoms with van der Waals surface area (Å²) in [4.78, 5) is 15.5. The van der Waals surface area contributed by atoms with Crippen molar-refractivity contribution in [1.29, 1.82) is 0 Å². The van der Waals surface area contributed by atoms with Gasteiger partial charge in [-0.15, -0.1) is 0 Å². The zero-order valence-corrected chi connectivity index (χ0v) is 24.4. The second kappa shape index (κ2) is 12.6. The summed E-state index contributed by atoms with van der Waals surface area (Å²) in [5, 5.41) is 4.75. The van der Waals surface area contributed by atoms with E-state index in [-0.39, 0.29) is 11.7 Å². The quantitative estimate of drug-likeness (QED) is 0.154. The number of para-hydroxylation sites is 1. The summed E-state index contributed by atoms with van der Waals surface area (Å²) in [6.45, 7) is 2.58. The maximum absolute atomic E-state index is 14.8. The Morgan fingerprint density at radius 2 is 1.76 bits per heavy atom. The maximum Gasteiger partial charge on any atom is 0.266 e. The smallest absolute Gasteiger partial charge is 0.266 e. The fourth-order valence-corrected chi connectivity index (χ4v) is 5.76. The molecule has 1 aromatic heterocycles. The number of hydrogen-bond acceptors (Lipinski definition) is 7. The summed E-state index contributed by atoms with van der Waals surface area (Å²) in [6.07, 6.45) is 4.18. The lowest BCUT2D eigenvalue weighted by Gasteiger charge is -2.15. The number of ether oxygens (including phenoxy) is 3. The van der Waals surface area contributed by atoms with Crippen molar-refractivity contribution in [2.24, 2.45) is 0 Å². The number of thioether (sulfide) groups is 1. The Balaban J connectivity index is 1.44. The fourth-order valence-electron chi connectivity index (χ4n) is 4.46. The van der Waals surface area contributed by atoms with Gasteiger partial charge in [-0.05, 0) is 67.4 Å². The van der Waals surface area contributed by atoms with Gasteiger partial charge >= 0.3 is 0 Å². The van der Waals surface area contributed by atoms with Crippen LogP contribution in [0, 0.1) is 5.82 Å². The average Bonchev–Trinajstić information content (AvgIpc) is 3.53. The molecular weight excluding hydrogens is 561 g/mol. The highest BCUT2D eigenvalue weighted by Crippen LogP contribution is 2.36. The van der Waals surface area contributed by atoms with Crippen LogP contribution in [0.2, 0.25) is 0 Å². The van der Waals surface area contributed by atoms with Crippen LogP contribution in [0.5, 0.6) is 17.2 Å². The Labute approximate surface area is 247 Å². The van der Waals surface area contributed by atoms with E-state index < -0.39 is 5.82 Å². The van der Waals surface area contributed by atoms with Crippen molar-refractivity contribution >= 4 is 40.3 Å². The van der Waals surface area contributed by atoms with Gasteiger partial charge in [0.25, 0.3) is 5.91 Å². The van der Waals surface area contributed by atoms with Crippen molar-refractivity contribution in [3.63, 3.8) is 0 Å². The van der Waals surface area contributed by atoms with E-state index >= 15 is 0 Å². The lowest BCUT2D eigenvalue weighted by atomic mass is 10.1. The van der Waals surface area contributed by atoms with E-state index in [2.05, 4.69) is 0 Å². The molecular formula is C31H28FN3O4S2. The van der Waals surface area contributed by atoms with Crippen molar-refractivity contribution in [3.8, 4) is 34.2 Å². The van der Waals surface area contributed by atoms with Crippen molar-refractivity contribution < 1.29 is 23.4 Å². The summed E-state index contributed by atoms with van der Waals surface area (Å²) in [5.74, 6) is 0.784. The molecule has 4 aromatic rings. The van der Waals surface area contributed by atoms with Crippen LogP contribution in [-0.2, 0) is 11.2 Å². The van der Waals surface area contributed by atoms with Gasteiger partial charge in [0.15, 0.2) is 23.1 Å². The van der Waals surface area contributed by atoms with Crippen molar-refractivity contribution in [2.45, 2.75) is 13.3 Å². The van der Waals surface area contributed by atoms with Crippen LogP contribution in [0.25, 0.3) is 23.0 Å². The third-order valence-electron chi connectivity index (χ3n) is 6.50. The number of benzene rings is 3. The van der Waals surface area contributed by atoms with Gasteiger partial charge in [-0.1, -0.05) is 48.2 Å². The zero-order chi connectivity index (χ0) is 28.9. The first kappa shape index (κ1) is 28.4. The van der Waals surface area contributed by atoms with Gasteiger partial charge in [-0.2, -0.15) is 5.10 Å². The van der Waals surface area contributed by atoms with Gasteiger partial charge in [0.2, 0.25) is 0 Å². The molecule has 10 heteroatoms. The molecule has 1 aliphatic heterocycles. The van der Waals surface area contributed by atoms with Crippen LogP contribution in [0.1, 0.15) is 18.1 Å². The molecule has 0 N–H and O–H groups in total. The van der Waals surface area contributed by atoms with Crippen LogP contribution in [0.4, 0.5) is 4.39 Å². The Morgan fingerprint density at radius 3 is 2.46 bits per heavy atom. The van der Waals surface area contributed by atoms with E-state index in [9.17, 15) is 9.18 Å². The van der Waals surface area contributed by atoms with Crippen molar-refractivity contribution in [3.05, 3.63) is 94.8 Å². The molecule has 2 heterocycles. The topological polar surface area (TPSA) is 65.8 Å². The molecule has 3 aromatic carbocycles. The molecule has 0 radical (unpaired) electrons. The van der Waals surface area contributed by atoms with Crippen LogP contribution in [0.3, 0.4) is 0 Å². The predicted molar refractivity (Wildman–Crippen MR) is 163 cm³/mol. The second-order valence-corrected chi connectivity index (χ2v) is 10.7. The van der Waals surface area contributed by atoms with Gasteiger partial charge in [0, 0.05) is 23.9 Å². The van der Waals surface area contributed by atoms with E-state index in [1.807, 2.05) is 54.7 Å². The number of amides is 1. The van der Waals surface area contributed by atoms with Gasteiger partial charge in [0.05, 0.1) is 31.4 Å². The number of rotatable bonds is 10. The Kier molecular flexibility index (Phi) is 8.70. The van der Waals surface area contributed by atoms with E-state index in [0.29, 0.717) is 57.1 Å².